The second kappa shape index (κ2) is 3.50. The largest absolute Gasteiger partial charge is 0.399 e. The summed E-state index contributed by atoms with van der Waals surface area (Å²) in [6, 6.07) is 2.25. The summed E-state index contributed by atoms with van der Waals surface area (Å²) in [5, 5.41) is 3.93. The number of aryl methyl sites for hydroxylation is 2. The van der Waals surface area contributed by atoms with Crippen LogP contribution in [0, 0.1) is 0 Å². The molecule has 1 aliphatic carbocycles. The van der Waals surface area contributed by atoms with Crippen LogP contribution in [-0.2, 0) is 17.7 Å². The Bertz CT molecular complexity index is 319. The zero-order chi connectivity index (χ0) is 9.26. The third kappa shape index (κ3) is 1.61. The molecule has 0 aliphatic heterocycles. The number of rotatable bonds is 2. The monoisotopic (exact) mass is 195 g/mol. The zero-order valence-corrected chi connectivity index (χ0v) is 8.78. The second-order valence-electron chi connectivity index (χ2n) is 3.27. The quantitative estimate of drug-likeness (QED) is 0.525. The maximum absolute atomic E-state index is 4.75. The molecular weight excluding hydrogens is 182 g/mol. The van der Waals surface area contributed by atoms with Crippen LogP contribution >= 0.6 is 11.3 Å². The molecule has 0 unspecified atom stereocenters. The third-order valence-electron chi connectivity index (χ3n) is 2.33. The van der Waals surface area contributed by atoms with Crippen molar-refractivity contribution in [1.29, 1.82) is 0 Å². The van der Waals surface area contributed by atoms with Crippen LogP contribution in [0.1, 0.15) is 28.7 Å². The van der Waals surface area contributed by atoms with Gasteiger partial charge in [0.15, 0.2) is 0 Å². The van der Waals surface area contributed by atoms with E-state index in [1.807, 2.05) is 18.3 Å². The van der Waals surface area contributed by atoms with Gasteiger partial charge in [-0.1, -0.05) is 5.16 Å². The van der Waals surface area contributed by atoms with E-state index in [-0.39, 0.29) is 0 Å². The highest BCUT2D eigenvalue weighted by Gasteiger charge is 2.15. The van der Waals surface area contributed by atoms with Crippen LogP contribution in [0.15, 0.2) is 11.2 Å². The van der Waals surface area contributed by atoms with Crippen LogP contribution in [0.3, 0.4) is 0 Å². The lowest BCUT2D eigenvalue weighted by Crippen LogP contribution is -1.91. The molecule has 0 spiro atoms. The number of hydrogen-bond acceptors (Lipinski definition) is 3. The van der Waals surface area contributed by atoms with Gasteiger partial charge in [-0.2, -0.15) is 0 Å². The molecule has 13 heavy (non-hydrogen) atoms. The highest BCUT2D eigenvalue weighted by atomic mass is 32.1. The predicted octanol–water partition coefficient (Wildman–Crippen LogP) is 2.61. The fourth-order valence-corrected chi connectivity index (χ4v) is 2.88. The molecule has 0 fully saturated rings. The topological polar surface area (TPSA) is 21.6 Å². The van der Waals surface area contributed by atoms with Crippen LogP contribution in [-0.4, -0.2) is 12.8 Å². The van der Waals surface area contributed by atoms with Crippen molar-refractivity contribution in [3.63, 3.8) is 0 Å². The Morgan fingerprint density at radius 3 is 3.08 bits per heavy atom. The van der Waals surface area contributed by atoms with Crippen LogP contribution in [0.4, 0.5) is 0 Å². The first-order valence-electron chi connectivity index (χ1n) is 4.51. The molecule has 0 amide bonds. The molecule has 0 bridgehead atoms. The predicted molar refractivity (Wildman–Crippen MR) is 55.6 cm³/mol. The maximum atomic E-state index is 4.75. The summed E-state index contributed by atoms with van der Waals surface area (Å²) < 4.78 is 0. The standard InChI is InChI=1S/C10H13NOS/c1-7(11-12-2)10-6-8-4-3-5-9(8)13-10/h6H,3-5H2,1-2H3/b11-7+. The second-order valence-corrected chi connectivity index (χ2v) is 4.41. The van der Waals surface area contributed by atoms with Gasteiger partial charge in [-0.05, 0) is 37.8 Å². The van der Waals surface area contributed by atoms with Gasteiger partial charge in [-0.3, -0.25) is 0 Å². The first-order valence-corrected chi connectivity index (χ1v) is 5.32. The summed E-state index contributed by atoms with van der Waals surface area (Å²) in [7, 11) is 1.59. The minimum Gasteiger partial charge on any atom is -0.399 e. The lowest BCUT2D eigenvalue weighted by Gasteiger charge is -1.94. The fraction of sp³-hybridized carbons (Fsp3) is 0.500. The Labute approximate surface area is 82.2 Å². The van der Waals surface area contributed by atoms with E-state index in [0.717, 1.165) is 5.71 Å². The van der Waals surface area contributed by atoms with Gasteiger partial charge < -0.3 is 4.84 Å². The molecule has 0 atom stereocenters. The Morgan fingerprint density at radius 2 is 2.38 bits per heavy atom. The van der Waals surface area contributed by atoms with Gasteiger partial charge in [0.05, 0.1) is 10.6 Å². The Balaban J connectivity index is 2.28. The van der Waals surface area contributed by atoms with E-state index in [2.05, 4.69) is 11.2 Å². The molecule has 0 aromatic carbocycles. The lowest BCUT2D eigenvalue weighted by atomic mass is 10.2. The van der Waals surface area contributed by atoms with Crippen molar-refractivity contribution >= 4 is 17.0 Å². The minimum atomic E-state index is 0.988. The smallest absolute Gasteiger partial charge is 0.106 e. The SMILES string of the molecule is CO/N=C(\C)c1cc2c(s1)CCC2. The van der Waals surface area contributed by atoms with Gasteiger partial charge >= 0.3 is 0 Å². The number of fused-ring (bicyclic) bond motifs is 1. The number of thiophene rings is 1. The van der Waals surface area contributed by atoms with Crippen LogP contribution in [0.25, 0.3) is 0 Å². The molecule has 1 aromatic rings. The summed E-state index contributed by atoms with van der Waals surface area (Å²) in [5.74, 6) is 0. The summed E-state index contributed by atoms with van der Waals surface area (Å²) in [6.45, 7) is 1.99. The normalized spacial score (nSPS) is 16.0. The van der Waals surface area contributed by atoms with Gasteiger partial charge in [-0.25, -0.2) is 0 Å². The van der Waals surface area contributed by atoms with Crippen molar-refractivity contribution in [1.82, 2.24) is 0 Å². The molecule has 2 rings (SSSR count). The van der Waals surface area contributed by atoms with Gasteiger partial charge in [0.25, 0.3) is 0 Å². The Kier molecular flexibility index (Phi) is 2.36. The van der Waals surface area contributed by atoms with Gasteiger partial charge in [0.2, 0.25) is 0 Å². The first kappa shape index (κ1) is 8.75. The molecule has 1 aromatic heterocycles. The van der Waals surface area contributed by atoms with E-state index in [1.165, 1.54) is 29.7 Å². The number of nitrogens with zero attached hydrogens (tertiary/aromatic N) is 1. The van der Waals surface area contributed by atoms with Crippen LogP contribution < -0.4 is 0 Å². The fourth-order valence-electron chi connectivity index (χ4n) is 1.69. The van der Waals surface area contributed by atoms with Crippen LogP contribution in [0.5, 0.6) is 0 Å². The molecule has 3 heteroatoms. The minimum absolute atomic E-state index is 0.988. The molecule has 70 valence electrons. The summed E-state index contributed by atoms with van der Waals surface area (Å²) in [4.78, 5) is 7.55. The molecule has 0 saturated carbocycles. The molecule has 1 aliphatic rings. The summed E-state index contributed by atoms with van der Waals surface area (Å²) in [6.07, 6.45) is 3.81. The average molecular weight is 195 g/mol. The Morgan fingerprint density at radius 1 is 1.54 bits per heavy atom. The molecule has 0 N–H and O–H groups in total. The van der Waals surface area contributed by atoms with E-state index in [4.69, 9.17) is 4.84 Å². The van der Waals surface area contributed by atoms with Gasteiger partial charge in [0.1, 0.15) is 7.11 Å². The Hall–Kier alpha value is -0.830. The van der Waals surface area contributed by atoms with Crippen molar-refractivity contribution in [3.05, 3.63) is 21.4 Å². The summed E-state index contributed by atoms with van der Waals surface area (Å²) in [5.41, 5.74) is 2.51. The van der Waals surface area contributed by atoms with Crippen molar-refractivity contribution in [3.8, 4) is 0 Å². The zero-order valence-electron chi connectivity index (χ0n) is 7.96. The van der Waals surface area contributed by atoms with E-state index in [0.29, 0.717) is 0 Å². The average Bonchev–Trinajstić information content (AvgIpc) is 2.61. The maximum Gasteiger partial charge on any atom is 0.106 e. The number of oxime groups is 1. The van der Waals surface area contributed by atoms with Crippen molar-refractivity contribution in [2.24, 2.45) is 5.16 Å². The molecule has 2 nitrogen and oxygen atoms in total. The van der Waals surface area contributed by atoms with E-state index < -0.39 is 0 Å². The molecule has 0 radical (unpaired) electrons. The van der Waals surface area contributed by atoms with Gasteiger partial charge in [-0.15, -0.1) is 11.3 Å². The van der Waals surface area contributed by atoms with Gasteiger partial charge in [0, 0.05) is 4.88 Å². The third-order valence-corrected chi connectivity index (χ3v) is 3.68. The lowest BCUT2D eigenvalue weighted by molar-refractivity contribution is 0.213. The van der Waals surface area contributed by atoms with Crippen LogP contribution in [0.2, 0.25) is 0 Å². The van der Waals surface area contributed by atoms with Crippen molar-refractivity contribution in [2.75, 3.05) is 7.11 Å². The highest BCUT2D eigenvalue weighted by Crippen LogP contribution is 2.30. The molecule has 1 heterocycles. The van der Waals surface area contributed by atoms with E-state index in [1.54, 1.807) is 12.0 Å². The van der Waals surface area contributed by atoms with Crippen molar-refractivity contribution < 1.29 is 4.84 Å². The molecule has 0 saturated heterocycles. The highest BCUT2D eigenvalue weighted by molar-refractivity contribution is 7.14. The summed E-state index contributed by atoms with van der Waals surface area (Å²) >= 11 is 1.86. The number of hydrogen-bond donors (Lipinski definition) is 0. The molecular formula is C10H13NOS. The van der Waals surface area contributed by atoms with E-state index in [9.17, 15) is 0 Å². The first-order chi connectivity index (χ1) is 6.31. The van der Waals surface area contributed by atoms with E-state index >= 15 is 0 Å². The van der Waals surface area contributed by atoms with Crippen molar-refractivity contribution in [2.45, 2.75) is 26.2 Å².